The Kier molecular flexibility index (Phi) is 6.73. The summed E-state index contributed by atoms with van der Waals surface area (Å²) in [6.45, 7) is 4.49. The van der Waals surface area contributed by atoms with Gasteiger partial charge in [-0.2, -0.15) is 0 Å². The second kappa shape index (κ2) is 8.70. The molecule has 1 fully saturated rings. The summed E-state index contributed by atoms with van der Waals surface area (Å²) in [7, 11) is -2.67. The van der Waals surface area contributed by atoms with E-state index in [2.05, 4.69) is 20.3 Å². The van der Waals surface area contributed by atoms with Gasteiger partial charge in [0.2, 0.25) is 0 Å². The molecule has 0 saturated carbocycles. The Hall–Kier alpha value is -1.66. The molecule has 13 heteroatoms. The molecule has 0 bridgehead atoms. The van der Waals surface area contributed by atoms with Gasteiger partial charge >= 0.3 is 7.60 Å². The molecule has 0 aromatic carbocycles. The standard InChI is InChI=1S/C18H30N5O7P/c1-5-17(25,6-2)31(27,28)30-11(3)7-12-14(24)18(26,8-29-12)23-10-22-13-15(19-4)20-9-21-16(13)23/h9-12,14,24-26H,5-8H2,1-4H3,(H,27,28)(H,19,20,21)/t11?,12?,14-,18+/m1/s1. The maximum atomic E-state index is 12.6. The lowest BCUT2D eigenvalue weighted by Crippen LogP contribution is -2.46. The van der Waals surface area contributed by atoms with E-state index in [1.807, 2.05) is 0 Å². The summed E-state index contributed by atoms with van der Waals surface area (Å²) in [6, 6.07) is 0. The van der Waals surface area contributed by atoms with E-state index in [1.165, 1.54) is 17.2 Å². The average Bonchev–Trinajstić information content (AvgIpc) is 3.30. The van der Waals surface area contributed by atoms with Crippen LogP contribution in [0.5, 0.6) is 0 Å². The van der Waals surface area contributed by atoms with Crippen LogP contribution in [-0.2, 0) is 19.6 Å². The van der Waals surface area contributed by atoms with Gasteiger partial charge in [0.1, 0.15) is 12.4 Å². The summed E-state index contributed by atoms with van der Waals surface area (Å²) >= 11 is 0. The number of nitrogens with zero attached hydrogens (tertiary/aromatic N) is 4. The fourth-order valence-corrected chi connectivity index (χ4v) is 5.35. The van der Waals surface area contributed by atoms with Crippen molar-refractivity contribution in [3.05, 3.63) is 12.7 Å². The van der Waals surface area contributed by atoms with E-state index in [0.29, 0.717) is 17.0 Å². The minimum atomic E-state index is -4.35. The summed E-state index contributed by atoms with van der Waals surface area (Å²) < 4.78 is 24.8. The molecule has 0 spiro atoms. The highest BCUT2D eigenvalue weighted by atomic mass is 31.2. The van der Waals surface area contributed by atoms with Crippen LogP contribution >= 0.6 is 7.60 Å². The first kappa shape index (κ1) is 24.0. The molecule has 0 aliphatic carbocycles. The fraction of sp³-hybridized carbons (Fsp3) is 0.722. The van der Waals surface area contributed by atoms with Gasteiger partial charge in [-0.05, 0) is 19.8 Å². The van der Waals surface area contributed by atoms with Crippen LogP contribution in [0.15, 0.2) is 12.7 Å². The van der Waals surface area contributed by atoms with Crippen molar-refractivity contribution in [2.45, 2.75) is 69.4 Å². The normalized spacial score (nSPS) is 27.4. The molecule has 1 aliphatic heterocycles. The molecule has 12 nitrogen and oxygen atoms in total. The van der Waals surface area contributed by atoms with E-state index in [1.54, 1.807) is 27.8 Å². The number of imidazole rings is 1. The minimum absolute atomic E-state index is 0.0148. The second-order valence-electron chi connectivity index (χ2n) is 7.79. The summed E-state index contributed by atoms with van der Waals surface area (Å²) in [4.78, 5) is 22.7. The quantitative estimate of drug-likeness (QED) is 0.335. The molecule has 0 radical (unpaired) electrons. The number of hydrogen-bond donors (Lipinski definition) is 5. The third-order valence-corrected chi connectivity index (χ3v) is 8.20. The van der Waals surface area contributed by atoms with Crippen LogP contribution in [0.4, 0.5) is 5.82 Å². The van der Waals surface area contributed by atoms with E-state index in [-0.39, 0.29) is 25.9 Å². The van der Waals surface area contributed by atoms with Crippen molar-refractivity contribution in [3.8, 4) is 0 Å². The zero-order valence-electron chi connectivity index (χ0n) is 18.0. The summed E-state index contributed by atoms with van der Waals surface area (Å²) in [5.74, 6) is 0.470. The minimum Gasteiger partial charge on any atom is -0.385 e. The van der Waals surface area contributed by atoms with E-state index in [9.17, 15) is 24.8 Å². The van der Waals surface area contributed by atoms with Gasteiger partial charge in [0.05, 0.1) is 25.1 Å². The molecular formula is C18H30N5O7P. The smallest absolute Gasteiger partial charge is 0.359 e. The molecule has 3 unspecified atom stereocenters. The highest BCUT2D eigenvalue weighted by Crippen LogP contribution is 2.58. The van der Waals surface area contributed by atoms with Crippen molar-refractivity contribution in [1.29, 1.82) is 0 Å². The van der Waals surface area contributed by atoms with Gasteiger partial charge in [-0.1, -0.05) is 13.8 Å². The predicted molar refractivity (Wildman–Crippen MR) is 111 cm³/mol. The molecule has 2 aromatic rings. The zero-order valence-corrected chi connectivity index (χ0v) is 18.9. The molecule has 1 saturated heterocycles. The maximum Gasteiger partial charge on any atom is 0.359 e. The topological polar surface area (TPSA) is 172 Å². The zero-order chi connectivity index (χ0) is 23.0. The molecule has 5 N–H and O–H groups in total. The van der Waals surface area contributed by atoms with Gasteiger partial charge in [0, 0.05) is 13.5 Å². The second-order valence-corrected chi connectivity index (χ2v) is 9.88. The van der Waals surface area contributed by atoms with Gasteiger partial charge in [0.25, 0.3) is 0 Å². The van der Waals surface area contributed by atoms with Gasteiger partial charge in [-0.3, -0.25) is 9.13 Å². The van der Waals surface area contributed by atoms with E-state index in [4.69, 9.17) is 9.26 Å². The van der Waals surface area contributed by atoms with E-state index in [0.717, 1.165) is 0 Å². The number of hydrogen-bond acceptors (Lipinski definition) is 10. The van der Waals surface area contributed by atoms with Gasteiger partial charge in [-0.15, -0.1) is 0 Å². The van der Waals surface area contributed by atoms with Crippen LogP contribution in [0.1, 0.15) is 40.0 Å². The Morgan fingerprint density at radius 2 is 2.10 bits per heavy atom. The van der Waals surface area contributed by atoms with Crippen LogP contribution < -0.4 is 5.32 Å². The van der Waals surface area contributed by atoms with E-state index >= 15 is 0 Å². The van der Waals surface area contributed by atoms with Gasteiger partial charge < -0.3 is 34.8 Å². The van der Waals surface area contributed by atoms with E-state index < -0.39 is 37.0 Å². The number of aliphatic hydroxyl groups is 3. The Morgan fingerprint density at radius 3 is 2.71 bits per heavy atom. The Morgan fingerprint density at radius 1 is 1.42 bits per heavy atom. The van der Waals surface area contributed by atoms with Crippen molar-refractivity contribution >= 4 is 24.6 Å². The first-order chi connectivity index (χ1) is 14.5. The van der Waals surface area contributed by atoms with Crippen LogP contribution in [-0.4, -0.2) is 77.0 Å². The highest BCUT2D eigenvalue weighted by Gasteiger charge is 2.52. The van der Waals surface area contributed by atoms with Crippen molar-refractivity contribution in [3.63, 3.8) is 0 Å². The molecular weight excluding hydrogens is 429 g/mol. The number of nitrogens with one attached hydrogen (secondary N) is 1. The Balaban J connectivity index is 1.77. The Labute approximate surface area is 179 Å². The SMILES string of the molecule is CCC(O)(CC)P(=O)(O)OC(C)CC1OC[C@@](O)(n2cnc3c(NC)ncnc32)[C@@H]1O. The van der Waals surface area contributed by atoms with Crippen molar-refractivity contribution < 1.29 is 34.0 Å². The van der Waals surface area contributed by atoms with Gasteiger partial charge in [-0.25, -0.2) is 15.0 Å². The number of fused-ring (bicyclic) bond motifs is 1. The number of aromatic nitrogens is 4. The highest BCUT2D eigenvalue weighted by molar-refractivity contribution is 7.54. The van der Waals surface area contributed by atoms with Crippen LogP contribution in [0.25, 0.3) is 11.2 Å². The lowest BCUT2D eigenvalue weighted by molar-refractivity contribution is -0.109. The van der Waals surface area contributed by atoms with Crippen molar-refractivity contribution in [1.82, 2.24) is 19.5 Å². The van der Waals surface area contributed by atoms with Gasteiger partial charge in [0.15, 0.2) is 28.0 Å². The van der Waals surface area contributed by atoms with Crippen molar-refractivity contribution in [2.24, 2.45) is 0 Å². The predicted octanol–water partition coefficient (Wildman–Crippen LogP) is 0.762. The third-order valence-electron chi connectivity index (χ3n) is 5.87. The molecule has 2 aromatic heterocycles. The van der Waals surface area contributed by atoms with Crippen molar-refractivity contribution in [2.75, 3.05) is 19.0 Å². The maximum absolute atomic E-state index is 12.6. The third kappa shape index (κ3) is 4.09. The lowest BCUT2D eigenvalue weighted by Gasteiger charge is -2.32. The number of ether oxygens (including phenoxy) is 1. The molecule has 1 aliphatic rings. The summed E-state index contributed by atoms with van der Waals surface area (Å²) in [6.07, 6.45) is -0.335. The summed E-state index contributed by atoms with van der Waals surface area (Å²) in [5.41, 5.74) is -1.12. The Bertz CT molecular complexity index is 968. The summed E-state index contributed by atoms with van der Waals surface area (Å²) in [5, 5.41) is 33.5. The molecule has 174 valence electrons. The van der Waals surface area contributed by atoms with Crippen LogP contribution in [0, 0.1) is 0 Å². The first-order valence-corrected chi connectivity index (χ1v) is 11.7. The number of rotatable bonds is 9. The van der Waals surface area contributed by atoms with Crippen LogP contribution in [0.2, 0.25) is 0 Å². The monoisotopic (exact) mass is 459 g/mol. The molecule has 5 atom stereocenters. The number of aliphatic hydroxyl groups excluding tert-OH is 1. The first-order valence-electron chi connectivity index (χ1n) is 10.1. The van der Waals surface area contributed by atoms with Crippen LogP contribution in [0.3, 0.4) is 0 Å². The molecule has 0 amide bonds. The molecule has 3 heterocycles. The largest absolute Gasteiger partial charge is 0.385 e. The average molecular weight is 459 g/mol. The fourth-order valence-electron chi connectivity index (χ4n) is 3.78. The molecule has 3 rings (SSSR count). The lowest BCUT2D eigenvalue weighted by atomic mass is 10.0. The molecule has 31 heavy (non-hydrogen) atoms. The number of anilines is 1.